The first-order chi connectivity index (χ1) is 5.61. The van der Waals surface area contributed by atoms with Gasteiger partial charge in [-0.25, -0.2) is 0 Å². The van der Waals surface area contributed by atoms with E-state index in [0.29, 0.717) is 5.92 Å². The molecule has 0 heterocycles. The molecule has 1 aromatic rings. The van der Waals surface area contributed by atoms with Crippen LogP contribution >= 0.6 is 11.6 Å². The lowest BCUT2D eigenvalue weighted by molar-refractivity contribution is 0.647. The van der Waals surface area contributed by atoms with Crippen molar-refractivity contribution in [3.05, 3.63) is 34.3 Å². The third kappa shape index (κ3) is 2.25. The van der Waals surface area contributed by atoms with E-state index < -0.39 is 0 Å². The molecule has 0 radical (unpaired) electrons. The first-order valence-corrected chi connectivity index (χ1v) is 4.73. The van der Waals surface area contributed by atoms with E-state index in [9.17, 15) is 0 Å². The van der Waals surface area contributed by atoms with Gasteiger partial charge < -0.3 is 0 Å². The fraction of sp³-hybridized carbons (Fsp3) is 0.455. The number of hydrogen-bond donors (Lipinski definition) is 0. The molecule has 1 aromatic carbocycles. The predicted molar refractivity (Wildman–Crippen MR) is 54.7 cm³/mol. The Kier molecular flexibility index (Phi) is 3.16. The summed E-state index contributed by atoms with van der Waals surface area (Å²) in [7, 11) is 0. The van der Waals surface area contributed by atoms with E-state index in [0.717, 1.165) is 11.4 Å². The van der Waals surface area contributed by atoms with Gasteiger partial charge in [-0.05, 0) is 30.4 Å². The number of aryl methyl sites for hydroxylation is 1. The van der Waals surface area contributed by atoms with Gasteiger partial charge in [0.2, 0.25) is 0 Å². The maximum atomic E-state index is 6.14. The van der Waals surface area contributed by atoms with Crippen LogP contribution in [0.5, 0.6) is 0 Å². The molecule has 12 heavy (non-hydrogen) atoms. The summed E-state index contributed by atoms with van der Waals surface area (Å²) < 4.78 is 0. The zero-order valence-corrected chi connectivity index (χ0v) is 8.65. The van der Waals surface area contributed by atoms with Gasteiger partial charge in [0.1, 0.15) is 0 Å². The van der Waals surface area contributed by atoms with Crippen LogP contribution in [0.3, 0.4) is 0 Å². The molecule has 0 aromatic heterocycles. The summed E-state index contributed by atoms with van der Waals surface area (Å²) >= 11 is 6.14. The summed E-state index contributed by atoms with van der Waals surface area (Å²) in [6, 6.07) is 6.22. The number of benzene rings is 1. The van der Waals surface area contributed by atoms with Gasteiger partial charge in [-0.15, -0.1) is 0 Å². The topological polar surface area (TPSA) is 0 Å². The van der Waals surface area contributed by atoms with E-state index >= 15 is 0 Å². The maximum Gasteiger partial charge on any atom is 0.0467 e. The zero-order valence-electron chi connectivity index (χ0n) is 7.89. The van der Waals surface area contributed by atoms with Crippen molar-refractivity contribution in [1.82, 2.24) is 0 Å². The van der Waals surface area contributed by atoms with Crippen molar-refractivity contribution < 1.29 is 0 Å². The fourth-order valence-corrected chi connectivity index (χ4v) is 1.51. The summed E-state index contributed by atoms with van der Waals surface area (Å²) in [6.45, 7) is 6.46. The van der Waals surface area contributed by atoms with Gasteiger partial charge in [-0.1, -0.05) is 43.6 Å². The minimum Gasteiger partial charge on any atom is -0.0837 e. The maximum absolute atomic E-state index is 6.14. The van der Waals surface area contributed by atoms with Gasteiger partial charge in [0.05, 0.1) is 0 Å². The van der Waals surface area contributed by atoms with Gasteiger partial charge in [-0.2, -0.15) is 0 Å². The van der Waals surface area contributed by atoms with E-state index in [1.807, 2.05) is 13.0 Å². The second kappa shape index (κ2) is 3.95. The molecule has 0 spiro atoms. The van der Waals surface area contributed by atoms with Crippen molar-refractivity contribution in [3.8, 4) is 0 Å². The molecular formula is C11H15Cl. The fourth-order valence-electron chi connectivity index (χ4n) is 1.31. The Morgan fingerprint density at radius 1 is 1.33 bits per heavy atom. The van der Waals surface area contributed by atoms with Crippen LogP contribution in [0.15, 0.2) is 18.2 Å². The summed E-state index contributed by atoms with van der Waals surface area (Å²) in [5.41, 5.74) is 2.45. The highest BCUT2D eigenvalue weighted by atomic mass is 35.5. The average Bonchev–Trinajstić information content (AvgIpc) is 1.98. The lowest BCUT2D eigenvalue weighted by atomic mass is 10.0. The smallest absolute Gasteiger partial charge is 0.0467 e. The Bertz CT molecular complexity index is 264. The summed E-state index contributed by atoms with van der Waals surface area (Å²) in [5, 5.41) is 0.936. The monoisotopic (exact) mass is 182 g/mol. The van der Waals surface area contributed by atoms with Gasteiger partial charge in [0.15, 0.2) is 0 Å². The minimum atomic E-state index is 0.671. The standard InChI is InChI=1S/C11H15Cl/c1-8(2)7-10-6-4-5-9(3)11(10)12/h4-6,8H,7H2,1-3H3. The highest BCUT2D eigenvalue weighted by molar-refractivity contribution is 6.32. The van der Waals surface area contributed by atoms with Gasteiger partial charge in [0, 0.05) is 5.02 Å². The van der Waals surface area contributed by atoms with E-state index in [1.54, 1.807) is 0 Å². The van der Waals surface area contributed by atoms with Crippen LogP contribution in [0.25, 0.3) is 0 Å². The lowest BCUT2D eigenvalue weighted by Gasteiger charge is -2.08. The Hall–Kier alpha value is -0.490. The quantitative estimate of drug-likeness (QED) is 0.652. The molecule has 0 fully saturated rings. The molecule has 0 aliphatic heterocycles. The van der Waals surface area contributed by atoms with Crippen LogP contribution in [0, 0.1) is 12.8 Å². The van der Waals surface area contributed by atoms with Crippen LogP contribution in [0.4, 0.5) is 0 Å². The van der Waals surface area contributed by atoms with E-state index in [4.69, 9.17) is 11.6 Å². The molecule has 0 unspecified atom stereocenters. The Labute approximate surface area is 79.6 Å². The van der Waals surface area contributed by atoms with Crippen LogP contribution < -0.4 is 0 Å². The van der Waals surface area contributed by atoms with Gasteiger partial charge >= 0.3 is 0 Å². The number of rotatable bonds is 2. The molecule has 0 nitrogen and oxygen atoms in total. The summed E-state index contributed by atoms with van der Waals surface area (Å²) in [4.78, 5) is 0. The number of hydrogen-bond acceptors (Lipinski definition) is 0. The highest BCUT2D eigenvalue weighted by Gasteiger charge is 2.03. The predicted octanol–water partition coefficient (Wildman–Crippen LogP) is 3.85. The molecule has 0 aliphatic carbocycles. The van der Waals surface area contributed by atoms with Crippen molar-refractivity contribution in [1.29, 1.82) is 0 Å². The molecule has 0 amide bonds. The molecule has 0 saturated carbocycles. The summed E-state index contributed by atoms with van der Waals surface area (Å²) in [6.07, 6.45) is 1.07. The molecule has 1 rings (SSSR count). The first-order valence-electron chi connectivity index (χ1n) is 4.35. The van der Waals surface area contributed by atoms with Crippen LogP contribution in [0.1, 0.15) is 25.0 Å². The second-order valence-electron chi connectivity index (χ2n) is 3.65. The minimum absolute atomic E-state index is 0.671. The van der Waals surface area contributed by atoms with Gasteiger partial charge in [-0.3, -0.25) is 0 Å². The van der Waals surface area contributed by atoms with Crippen molar-refractivity contribution in [3.63, 3.8) is 0 Å². The lowest BCUT2D eigenvalue weighted by Crippen LogP contribution is -1.95. The van der Waals surface area contributed by atoms with Gasteiger partial charge in [0.25, 0.3) is 0 Å². The normalized spacial score (nSPS) is 10.8. The molecule has 1 heteroatoms. The highest BCUT2D eigenvalue weighted by Crippen LogP contribution is 2.22. The second-order valence-corrected chi connectivity index (χ2v) is 4.02. The van der Waals surface area contributed by atoms with Crippen LogP contribution in [-0.4, -0.2) is 0 Å². The van der Waals surface area contributed by atoms with E-state index in [1.165, 1.54) is 11.1 Å². The first kappa shape index (κ1) is 9.60. The Morgan fingerprint density at radius 2 is 2.00 bits per heavy atom. The Balaban J connectivity index is 2.92. The van der Waals surface area contributed by atoms with Crippen molar-refractivity contribution >= 4 is 11.6 Å². The third-order valence-corrected chi connectivity index (χ3v) is 2.44. The SMILES string of the molecule is Cc1cccc(CC(C)C)c1Cl. The third-order valence-electron chi connectivity index (χ3n) is 1.90. The molecule has 0 saturated heterocycles. The van der Waals surface area contributed by atoms with Crippen molar-refractivity contribution in [2.75, 3.05) is 0 Å². The number of halogens is 1. The summed E-state index contributed by atoms with van der Waals surface area (Å²) in [5.74, 6) is 0.671. The van der Waals surface area contributed by atoms with E-state index in [-0.39, 0.29) is 0 Å². The van der Waals surface area contributed by atoms with Crippen molar-refractivity contribution in [2.24, 2.45) is 5.92 Å². The molecule has 66 valence electrons. The molecule has 0 N–H and O–H groups in total. The molecular weight excluding hydrogens is 168 g/mol. The largest absolute Gasteiger partial charge is 0.0837 e. The van der Waals surface area contributed by atoms with E-state index in [2.05, 4.69) is 26.0 Å². The Morgan fingerprint density at radius 3 is 2.58 bits per heavy atom. The van der Waals surface area contributed by atoms with Crippen LogP contribution in [0.2, 0.25) is 5.02 Å². The zero-order chi connectivity index (χ0) is 9.14. The van der Waals surface area contributed by atoms with Crippen molar-refractivity contribution in [2.45, 2.75) is 27.2 Å². The van der Waals surface area contributed by atoms with Crippen LogP contribution in [-0.2, 0) is 6.42 Å². The molecule has 0 bridgehead atoms. The molecule has 0 atom stereocenters. The average molecular weight is 183 g/mol. The molecule has 0 aliphatic rings.